The molecule has 0 aromatic heterocycles. The molecule has 4 N–H and O–H groups in total. The first kappa shape index (κ1) is 18.4. The minimum absolute atomic E-state index is 0.0383. The molecule has 0 bridgehead atoms. The molecule has 7 heteroatoms. The summed E-state index contributed by atoms with van der Waals surface area (Å²) in [6.07, 6.45) is 2.89. The molecule has 3 amide bonds. The van der Waals surface area contributed by atoms with Crippen LogP contribution < -0.4 is 16.4 Å². The van der Waals surface area contributed by atoms with Gasteiger partial charge in [0.1, 0.15) is 0 Å². The summed E-state index contributed by atoms with van der Waals surface area (Å²) in [6.45, 7) is 4.59. The van der Waals surface area contributed by atoms with Gasteiger partial charge < -0.3 is 21.3 Å². The maximum Gasteiger partial charge on any atom is 0.224 e. The molecule has 1 saturated heterocycles. The number of carbonyl (C=O) groups is 3. The van der Waals surface area contributed by atoms with Crippen molar-refractivity contribution in [2.45, 2.75) is 39.0 Å². The Morgan fingerprint density at radius 2 is 1.95 bits per heavy atom. The summed E-state index contributed by atoms with van der Waals surface area (Å²) in [7, 11) is 0. The van der Waals surface area contributed by atoms with E-state index in [2.05, 4.69) is 10.6 Å². The number of nitrogens with two attached hydrogens (primary N) is 1. The standard InChI is InChI=1S/C15H28N4O3/c1-2-8-17-13(20)5-6-14(21)19-10-3-4-12(11-19)15(22)18-9-7-16/h12H,2-11,16H2,1H3,(H,17,20)(H,18,22). The number of hydrogen-bond acceptors (Lipinski definition) is 4. The van der Waals surface area contributed by atoms with Gasteiger partial charge in [0.05, 0.1) is 5.92 Å². The monoisotopic (exact) mass is 312 g/mol. The fraction of sp³-hybridized carbons (Fsp3) is 0.800. The van der Waals surface area contributed by atoms with Gasteiger partial charge in [-0.25, -0.2) is 0 Å². The summed E-state index contributed by atoms with van der Waals surface area (Å²) < 4.78 is 0. The van der Waals surface area contributed by atoms with E-state index in [4.69, 9.17) is 5.73 Å². The molecule has 1 rings (SSSR count). The lowest BCUT2D eigenvalue weighted by molar-refractivity contribution is -0.137. The van der Waals surface area contributed by atoms with E-state index in [0.717, 1.165) is 19.3 Å². The molecule has 22 heavy (non-hydrogen) atoms. The Morgan fingerprint density at radius 1 is 1.18 bits per heavy atom. The van der Waals surface area contributed by atoms with Gasteiger partial charge in [-0.2, -0.15) is 0 Å². The smallest absolute Gasteiger partial charge is 0.224 e. The summed E-state index contributed by atoms with van der Waals surface area (Å²) >= 11 is 0. The van der Waals surface area contributed by atoms with Crippen LogP contribution in [-0.4, -0.2) is 55.3 Å². The van der Waals surface area contributed by atoms with E-state index in [-0.39, 0.29) is 36.5 Å². The first-order valence-corrected chi connectivity index (χ1v) is 8.10. The highest BCUT2D eigenvalue weighted by Crippen LogP contribution is 2.17. The predicted molar refractivity (Wildman–Crippen MR) is 83.9 cm³/mol. The highest BCUT2D eigenvalue weighted by atomic mass is 16.2. The van der Waals surface area contributed by atoms with E-state index in [1.807, 2.05) is 6.92 Å². The van der Waals surface area contributed by atoms with Crippen LogP contribution in [0.4, 0.5) is 0 Å². The van der Waals surface area contributed by atoms with Gasteiger partial charge in [0, 0.05) is 45.6 Å². The fourth-order valence-electron chi connectivity index (χ4n) is 2.49. The minimum atomic E-state index is -0.168. The molecule has 0 aliphatic carbocycles. The van der Waals surface area contributed by atoms with Gasteiger partial charge in [0.2, 0.25) is 17.7 Å². The topological polar surface area (TPSA) is 105 Å². The van der Waals surface area contributed by atoms with Crippen molar-refractivity contribution in [3.05, 3.63) is 0 Å². The summed E-state index contributed by atoms with van der Waals surface area (Å²) in [5.41, 5.74) is 5.37. The van der Waals surface area contributed by atoms with E-state index >= 15 is 0 Å². The largest absolute Gasteiger partial charge is 0.356 e. The number of amides is 3. The van der Waals surface area contributed by atoms with Crippen LogP contribution >= 0.6 is 0 Å². The zero-order chi connectivity index (χ0) is 16.4. The van der Waals surface area contributed by atoms with E-state index in [0.29, 0.717) is 32.7 Å². The zero-order valence-electron chi connectivity index (χ0n) is 13.4. The van der Waals surface area contributed by atoms with Crippen molar-refractivity contribution >= 4 is 17.7 Å². The molecule has 1 aliphatic rings. The van der Waals surface area contributed by atoms with Crippen molar-refractivity contribution in [1.29, 1.82) is 0 Å². The van der Waals surface area contributed by atoms with Crippen LogP contribution in [-0.2, 0) is 14.4 Å². The molecule has 1 fully saturated rings. The summed E-state index contributed by atoms with van der Waals surface area (Å²) in [4.78, 5) is 37.3. The van der Waals surface area contributed by atoms with Crippen molar-refractivity contribution < 1.29 is 14.4 Å². The number of likely N-dealkylation sites (tertiary alicyclic amines) is 1. The van der Waals surface area contributed by atoms with Crippen LogP contribution in [0.3, 0.4) is 0 Å². The van der Waals surface area contributed by atoms with Crippen LogP contribution in [0, 0.1) is 5.92 Å². The Labute approximate surface area is 132 Å². The molecule has 126 valence electrons. The first-order valence-electron chi connectivity index (χ1n) is 8.10. The van der Waals surface area contributed by atoms with Gasteiger partial charge in [-0.1, -0.05) is 6.92 Å². The Kier molecular flexibility index (Phi) is 8.50. The molecule has 0 saturated carbocycles. The van der Waals surface area contributed by atoms with Gasteiger partial charge in [-0.15, -0.1) is 0 Å². The van der Waals surface area contributed by atoms with E-state index in [9.17, 15) is 14.4 Å². The van der Waals surface area contributed by atoms with Crippen molar-refractivity contribution in [1.82, 2.24) is 15.5 Å². The number of hydrogen-bond donors (Lipinski definition) is 3. The second-order valence-electron chi connectivity index (χ2n) is 5.61. The molecule has 1 unspecified atom stereocenters. The molecule has 1 aliphatic heterocycles. The van der Waals surface area contributed by atoms with Gasteiger partial charge in [-0.3, -0.25) is 14.4 Å². The third-order valence-electron chi connectivity index (χ3n) is 3.73. The molecule has 0 radical (unpaired) electrons. The SMILES string of the molecule is CCCNC(=O)CCC(=O)N1CCCC(C(=O)NCCN)C1. The zero-order valence-corrected chi connectivity index (χ0v) is 13.4. The molecular formula is C15H28N4O3. The highest BCUT2D eigenvalue weighted by Gasteiger charge is 2.28. The Morgan fingerprint density at radius 3 is 2.64 bits per heavy atom. The lowest BCUT2D eigenvalue weighted by Crippen LogP contribution is -2.46. The fourth-order valence-corrected chi connectivity index (χ4v) is 2.49. The number of piperidine rings is 1. The van der Waals surface area contributed by atoms with Gasteiger partial charge in [0.25, 0.3) is 0 Å². The molecule has 7 nitrogen and oxygen atoms in total. The van der Waals surface area contributed by atoms with Crippen molar-refractivity contribution in [2.24, 2.45) is 11.7 Å². The maximum atomic E-state index is 12.2. The quantitative estimate of drug-likeness (QED) is 0.567. The van der Waals surface area contributed by atoms with Gasteiger partial charge in [0.15, 0.2) is 0 Å². The summed E-state index contributed by atoms with van der Waals surface area (Å²) in [5, 5.41) is 5.52. The van der Waals surface area contributed by atoms with Crippen LogP contribution in [0.1, 0.15) is 39.0 Å². The summed E-state index contributed by atoms with van der Waals surface area (Å²) in [5.74, 6) is -0.353. The predicted octanol–water partition coefficient (Wildman–Crippen LogP) is -0.394. The van der Waals surface area contributed by atoms with Crippen molar-refractivity contribution in [2.75, 3.05) is 32.7 Å². The average molecular weight is 312 g/mol. The minimum Gasteiger partial charge on any atom is -0.356 e. The van der Waals surface area contributed by atoms with Gasteiger partial charge in [-0.05, 0) is 19.3 Å². The molecule has 1 atom stereocenters. The third kappa shape index (κ3) is 6.43. The Balaban J connectivity index is 2.35. The maximum absolute atomic E-state index is 12.2. The van der Waals surface area contributed by atoms with Crippen LogP contribution in [0.15, 0.2) is 0 Å². The lowest BCUT2D eigenvalue weighted by atomic mass is 9.96. The second-order valence-corrected chi connectivity index (χ2v) is 5.61. The van der Waals surface area contributed by atoms with Crippen LogP contribution in [0.5, 0.6) is 0 Å². The van der Waals surface area contributed by atoms with E-state index < -0.39 is 0 Å². The average Bonchev–Trinajstić information content (AvgIpc) is 2.55. The number of nitrogens with zero attached hydrogens (tertiary/aromatic N) is 1. The van der Waals surface area contributed by atoms with E-state index in [1.54, 1.807) is 4.90 Å². The third-order valence-corrected chi connectivity index (χ3v) is 3.73. The normalized spacial score (nSPS) is 17.9. The molecule has 0 spiro atoms. The number of rotatable bonds is 8. The first-order chi connectivity index (χ1) is 10.6. The molecule has 1 heterocycles. The Bertz CT molecular complexity index is 387. The van der Waals surface area contributed by atoms with Crippen molar-refractivity contribution in [3.63, 3.8) is 0 Å². The van der Waals surface area contributed by atoms with Gasteiger partial charge >= 0.3 is 0 Å². The van der Waals surface area contributed by atoms with Crippen LogP contribution in [0.25, 0.3) is 0 Å². The molecule has 0 aromatic rings. The van der Waals surface area contributed by atoms with Crippen molar-refractivity contribution in [3.8, 4) is 0 Å². The summed E-state index contributed by atoms with van der Waals surface area (Å²) in [6, 6.07) is 0. The van der Waals surface area contributed by atoms with Crippen LogP contribution in [0.2, 0.25) is 0 Å². The van der Waals surface area contributed by atoms with E-state index in [1.165, 1.54) is 0 Å². The molecular weight excluding hydrogens is 284 g/mol. The highest BCUT2D eigenvalue weighted by molar-refractivity contribution is 5.85. The second kappa shape index (κ2) is 10.2. The molecule has 0 aromatic carbocycles. The Hall–Kier alpha value is -1.63. The number of carbonyl (C=O) groups excluding carboxylic acids is 3. The number of nitrogens with one attached hydrogen (secondary N) is 2. The lowest BCUT2D eigenvalue weighted by Gasteiger charge is -2.32.